The average Bonchev–Trinajstić information content (AvgIpc) is 2.36. The number of fused-ring (bicyclic) bond motifs is 1. The number of halogens is 1. The van der Waals surface area contributed by atoms with Crippen molar-refractivity contribution in [2.75, 3.05) is 13.1 Å². The molecule has 2 unspecified atom stereocenters. The summed E-state index contributed by atoms with van der Waals surface area (Å²) in [6.07, 6.45) is 0. The maximum atomic E-state index is 11.8. The molecule has 4 nitrogen and oxygen atoms in total. The van der Waals surface area contributed by atoms with Crippen molar-refractivity contribution in [3.8, 4) is 0 Å². The predicted octanol–water partition coefficient (Wildman–Crippen LogP) is 2.74. The molecular weight excluding hydrogens is 332 g/mol. The molecule has 1 aromatic carbocycles. The van der Waals surface area contributed by atoms with Gasteiger partial charge in [0.2, 0.25) is 0 Å². The molecule has 2 atom stereocenters. The Kier molecular flexibility index (Phi) is 4.15. The molecule has 21 heavy (non-hydrogen) atoms. The summed E-state index contributed by atoms with van der Waals surface area (Å²) in [4.78, 5) is 14.2. The standard InChI is InChI=1S/C16H19BrN2O2/c1-10-7-19(8-11(2)18-10)9-12-5-16(20)21-15-6-13(17)3-4-14(12)15/h3-6,10-11,18H,7-9H2,1-2H3. The number of rotatable bonds is 2. The first-order valence-corrected chi connectivity index (χ1v) is 8.01. The quantitative estimate of drug-likeness (QED) is 0.846. The highest BCUT2D eigenvalue weighted by Gasteiger charge is 2.21. The molecule has 112 valence electrons. The molecule has 3 rings (SSSR count). The zero-order valence-electron chi connectivity index (χ0n) is 12.2. The minimum absolute atomic E-state index is 0.285. The van der Waals surface area contributed by atoms with Gasteiger partial charge in [-0.3, -0.25) is 4.90 Å². The van der Waals surface area contributed by atoms with Crippen LogP contribution in [0.5, 0.6) is 0 Å². The van der Waals surface area contributed by atoms with Crippen LogP contribution in [0, 0.1) is 0 Å². The van der Waals surface area contributed by atoms with Gasteiger partial charge in [0, 0.05) is 47.6 Å². The van der Waals surface area contributed by atoms with Crippen LogP contribution in [0.25, 0.3) is 11.0 Å². The third-order valence-electron chi connectivity index (χ3n) is 3.82. The van der Waals surface area contributed by atoms with Crippen LogP contribution < -0.4 is 10.9 Å². The number of nitrogens with one attached hydrogen (secondary N) is 1. The summed E-state index contributed by atoms with van der Waals surface area (Å²) in [5, 5.41) is 4.53. The molecular formula is C16H19BrN2O2. The fourth-order valence-electron chi connectivity index (χ4n) is 3.14. The normalized spacial score (nSPS) is 23.6. The van der Waals surface area contributed by atoms with E-state index in [0.29, 0.717) is 17.7 Å². The Balaban J connectivity index is 1.95. The summed E-state index contributed by atoms with van der Waals surface area (Å²) in [6, 6.07) is 8.39. The Morgan fingerprint density at radius 3 is 2.71 bits per heavy atom. The highest BCUT2D eigenvalue weighted by molar-refractivity contribution is 9.10. The van der Waals surface area contributed by atoms with Crippen LogP contribution >= 0.6 is 15.9 Å². The monoisotopic (exact) mass is 350 g/mol. The molecule has 5 heteroatoms. The first-order chi connectivity index (χ1) is 10.0. The van der Waals surface area contributed by atoms with E-state index in [2.05, 4.69) is 40.0 Å². The highest BCUT2D eigenvalue weighted by Crippen LogP contribution is 2.23. The molecule has 0 radical (unpaired) electrons. The van der Waals surface area contributed by atoms with Crippen molar-refractivity contribution in [1.82, 2.24) is 10.2 Å². The van der Waals surface area contributed by atoms with Crippen LogP contribution in [-0.2, 0) is 6.54 Å². The lowest BCUT2D eigenvalue weighted by molar-refractivity contribution is 0.167. The van der Waals surface area contributed by atoms with E-state index in [0.717, 1.165) is 35.1 Å². The van der Waals surface area contributed by atoms with Crippen LogP contribution in [0.15, 0.2) is 37.9 Å². The Bertz CT molecular complexity index is 703. The van der Waals surface area contributed by atoms with Gasteiger partial charge in [0.05, 0.1) is 0 Å². The second-order valence-electron chi connectivity index (χ2n) is 5.89. The van der Waals surface area contributed by atoms with E-state index in [9.17, 15) is 4.79 Å². The number of benzene rings is 1. The van der Waals surface area contributed by atoms with Crippen molar-refractivity contribution in [2.45, 2.75) is 32.5 Å². The van der Waals surface area contributed by atoms with Gasteiger partial charge in [-0.25, -0.2) is 4.79 Å². The molecule has 0 saturated carbocycles. The second-order valence-corrected chi connectivity index (χ2v) is 6.81. The smallest absolute Gasteiger partial charge is 0.336 e. The van der Waals surface area contributed by atoms with Crippen molar-refractivity contribution in [1.29, 1.82) is 0 Å². The molecule has 0 aliphatic carbocycles. The maximum Gasteiger partial charge on any atom is 0.336 e. The maximum absolute atomic E-state index is 11.8. The van der Waals surface area contributed by atoms with E-state index in [4.69, 9.17) is 4.42 Å². The second kappa shape index (κ2) is 5.91. The SMILES string of the molecule is CC1CN(Cc2cc(=O)oc3cc(Br)ccc23)CC(C)N1. The lowest BCUT2D eigenvalue weighted by Crippen LogP contribution is -2.53. The van der Waals surface area contributed by atoms with Crippen LogP contribution in [-0.4, -0.2) is 30.1 Å². The minimum atomic E-state index is -0.285. The van der Waals surface area contributed by atoms with Crippen molar-refractivity contribution < 1.29 is 4.42 Å². The summed E-state index contributed by atoms with van der Waals surface area (Å²) in [7, 11) is 0. The fourth-order valence-corrected chi connectivity index (χ4v) is 3.48. The molecule has 0 bridgehead atoms. The Morgan fingerprint density at radius 1 is 1.29 bits per heavy atom. The van der Waals surface area contributed by atoms with Gasteiger partial charge in [0.15, 0.2) is 0 Å². The van der Waals surface area contributed by atoms with Crippen molar-refractivity contribution in [3.05, 3.63) is 44.7 Å². The van der Waals surface area contributed by atoms with Crippen molar-refractivity contribution >= 4 is 26.9 Å². The number of hydrogen-bond acceptors (Lipinski definition) is 4. The van der Waals surface area contributed by atoms with E-state index in [1.165, 1.54) is 0 Å². The van der Waals surface area contributed by atoms with Crippen LogP contribution in [0.1, 0.15) is 19.4 Å². The van der Waals surface area contributed by atoms with Gasteiger partial charge >= 0.3 is 5.63 Å². The van der Waals surface area contributed by atoms with Gasteiger partial charge in [0.25, 0.3) is 0 Å². The summed E-state index contributed by atoms with van der Waals surface area (Å²) < 4.78 is 6.21. The van der Waals surface area contributed by atoms with Crippen LogP contribution in [0.3, 0.4) is 0 Å². The summed E-state index contributed by atoms with van der Waals surface area (Å²) >= 11 is 3.42. The molecule has 2 aromatic rings. The lowest BCUT2D eigenvalue weighted by Gasteiger charge is -2.36. The first kappa shape index (κ1) is 14.8. The molecule has 1 saturated heterocycles. The van der Waals surface area contributed by atoms with E-state index in [1.807, 2.05) is 18.2 Å². The molecule has 0 amide bonds. The molecule has 1 fully saturated rings. The van der Waals surface area contributed by atoms with Gasteiger partial charge in [-0.15, -0.1) is 0 Å². The average molecular weight is 351 g/mol. The van der Waals surface area contributed by atoms with E-state index >= 15 is 0 Å². The Hall–Kier alpha value is -1.17. The van der Waals surface area contributed by atoms with Gasteiger partial charge in [-0.05, 0) is 37.6 Å². The molecule has 0 spiro atoms. The molecule has 2 heterocycles. The number of hydrogen-bond donors (Lipinski definition) is 1. The number of nitrogens with zero attached hydrogens (tertiary/aromatic N) is 1. The third-order valence-corrected chi connectivity index (χ3v) is 4.31. The molecule has 1 aromatic heterocycles. The lowest BCUT2D eigenvalue weighted by atomic mass is 10.1. The zero-order chi connectivity index (χ0) is 15.0. The van der Waals surface area contributed by atoms with Crippen LogP contribution in [0.4, 0.5) is 0 Å². The van der Waals surface area contributed by atoms with E-state index in [1.54, 1.807) is 6.07 Å². The summed E-state index contributed by atoms with van der Waals surface area (Å²) in [6.45, 7) is 7.14. The largest absolute Gasteiger partial charge is 0.423 e. The fraction of sp³-hybridized carbons (Fsp3) is 0.438. The highest BCUT2D eigenvalue weighted by atomic mass is 79.9. The summed E-state index contributed by atoms with van der Waals surface area (Å²) in [5.74, 6) is 0. The predicted molar refractivity (Wildman–Crippen MR) is 87.5 cm³/mol. The first-order valence-electron chi connectivity index (χ1n) is 7.22. The molecule has 1 aliphatic heterocycles. The molecule has 1 aliphatic rings. The van der Waals surface area contributed by atoms with Crippen molar-refractivity contribution in [2.24, 2.45) is 0 Å². The topological polar surface area (TPSA) is 45.5 Å². The zero-order valence-corrected chi connectivity index (χ0v) is 13.8. The third kappa shape index (κ3) is 3.36. The van der Waals surface area contributed by atoms with Gasteiger partial charge < -0.3 is 9.73 Å². The van der Waals surface area contributed by atoms with Crippen LogP contribution in [0.2, 0.25) is 0 Å². The number of piperazine rings is 1. The Labute approximate surface area is 132 Å². The minimum Gasteiger partial charge on any atom is -0.423 e. The van der Waals surface area contributed by atoms with E-state index in [-0.39, 0.29) is 5.63 Å². The summed E-state index contributed by atoms with van der Waals surface area (Å²) in [5.41, 5.74) is 1.39. The van der Waals surface area contributed by atoms with Gasteiger partial charge in [-0.2, -0.15) is 0 Å². The van der Waals surface area contributed by atoms with E-state index < -0.39 is 0 Å². The molecule has 1 N–H and O–H groups in total. The van der Waals surface area contributed by atoms with Gasteiger partial charge in [-0.1, -0.05) is 15.9 Å². The van der Waals surface area contributed by atoms with Gasteiger partial charge in [0.1, 0.15) is 5.58 Å². The Morgan fingerprint density at radius 2 is 2.00 bits per heavy atom. The van der Waals surface area contributed by atoms with Crippen molar-refractivity contribution in [3.63, 3.8) is 0 Å².